The summed E-state index contributed by atoms with van der Waals surface area (Å²) < 4.78 is 0. The first-order valence-electron chi connectivity index (χ1n) is 6.75. The summed E-state index contributed by atoms with van der Waals surface area (Å²) in [5.74, 6) is -0.786. The average molecular weight is 321 g/mol. The van der Waals surface area contributed by atoms with E-state index in [1.165, 1.54) is 10.5 Å². The summed E-state index contributed by atoms with van der Waals surface area (Å²) in [5, 5.41) is 14.5. The lowest BCUT2D eigenvalue weighted by Crippen LogP contribution is -2.26. The quantitative estimate of drug-likeness (QED) is 0.745. The highest BCUT2D eigenvalue weighted by Crippen LogP contribution is 2.26. The van der Waals surface area contributed by atoms with Gasteiger partial charge in [-0.25, -0.2) is 0 Å². The molecule has 0 amide bonds. The minimum absolute atomic E-state index is 0.0910. The Hall–Kier alpha value is -1.30. The third-order valence-electron chi connectivity index (χ3n) is 3.33. The largest absolute Gasteiger partial charge is 0.481 e. The maximum absolute atomic E-state index is 11.1. The summed E-state index contributed by atoms with van der Waals surface area (Å²) in [6.45, 7) is 2.07. The number of hydrogen-bond acceptors (Lipinski definition) is 4. The smallest absolute Gasteiger partial charge is 0.305 e. The molecule has 0 bridgehead atoms. The Labute approximate surface area is 133 Å². The minimum atomic E-state index is -0.786. The molecule has 0 saturated heterocycles. The number of carboxylic acids is 1. The van der Waals surface area contributed by atoms with E-state index >= 15 is 0 Å². The van der Waals surface area contributed by atoms with Crippen molar-refractivity contribution in [1.82, 2.24) is 5.32 Å². The van der Waals surface area contributed by atoms with E-state index in [1.807, 2.05) is 17.5 Å². The van der Waals surface area contributed by atoms with E-state index in [1.54, 1.807) is 23.1 Å². The third kappa shape index (κ3) is 4.59. The van der Waals surface area contributed by atoms with Gasteiger partial charge in [0.2, 0.25) is 0 Å². The van der Waals surface area contributed by atoms with Crippen molar-refractivity contribution in [2.24, 2.45) is 0 Å². The van der Waals surface area contributed by atoms with E-state index in [0.717, 1.165) is 4.88 Å². The molecular weight excluding hydrogens is 302 g/mol. The van der Waals surface area contributed by atoms with Crippen molar-refractivity contribution < 1.29 is 9.90 Å². The number of thioether (sulfide) groups is 1. The number of hydrogen-bond donors (Lipinski definition) is 2. The number of nitrogens with one attached hydrogen (secondary N) is 1. The van der Waals surface area contributed by atoms with E-state index in [4.69, 9.17) is 5.11 Å². The van der Waals surface area contributed by atoms with Gasteiger partial charge in [-0.15, -0.1) is 23.1 Å². The van der Waals surface area contributed by atoms with Crippen LogP contribution in [-0.4, -0.2) is 17.3 Å². The number of benzene rings is 1. The highest BCUT2D eigenvalue weighted by Gasteiger charge is 2.19. The second kappa shape index (κ2) is 7.64. The van der Waals surface area contributed by atoms with Gasteiger partial charge in [0, 0.05) is 15.8 Å². The van der Waals surface area contributed by atoms with Gasteiger partial charge >= 0.3 is 5.97 Å². The number of rotatable bonds is 7. The molecule has 1 aromatic carbocycles. The van der Waals surface area contributed by atoms with Gasteiger partial charge in [-0.3, -0.25) is 4.79 Å². The van der Waals surface area contributed by atoms with Crippen molar-refractivity contribution in [3.8, 4) is 0 Å². The van der Waals surface area contributed by atoms with Crippen LogP contribution in [0.5, 0.6) is 0 Å². The highest BCUT2D eigenvalue weighted by atomic mass is 32.2. The predicted octanol–water partition coefficient (Wildman–Crippen LogP) is 4.34. The van der Waals surface area contributed by atoms with Crippen LogP contribution in [0.1, 0.15) is 35.9 Å². The zero-order chi connectivity index (χ0) is 15.2. The van der Waals surface area contributed by atoms with Crippen LogP contribution in [0.15, 0.2) is 46.7 Å². The Kier molecular flexibility index (Phi) is 5.85. The van der Waals surface area contributed by atoms with Crippen molar-refractivity contribution >= 4 is 29.1 Å². The number of thiophene rings is 1. The molecular formula is C16H19NO2S2. The molecule has 0 spiro atoms. The monoisotopic (exact) mass is 321 g/mol. The Morgan fingerprint density at radius 3 is 2.57 bits per heavy atom. The molecule has 2 aromatic rings. The SMILES string of the molecule is CSc1ccc(C(C)NC(CC(=O)O)c2cccs2)cc1. The van der Waals surface area contributed by atoms with E-state index in [-0.39, 0.29) is 18.5 Å². The average Bonchev–Trinajstić information content (AvgIpc) is 3.00. The van der Waals surface area contributed by atoms with Crippen molar-refractivity contribution in [3.63, 3.8) is 0 Å². The fraction of sp³-hybridized carbons (Fsp3) is 0.312. The summed E-state index contributed by atoms with van der Waals surface area (Å²) in [5.41, 5.74) is 1.17. The molecule has 1 heterocycles. The predicted molar refractivity (Wildman–Crippen MR) is 89.1 cm³/mol. The van der Waals surface area contributed by atoms with Gasteiger partial charge in [0.15, 0.2) is 0 Å². The summed E-state index contributed by atoms with van der Waals surface area (Å²) >= 11 is 3.30. The Morgan fingerprint density at radius 1 is 1.33 bits per heavy atom. The molecule has 21 heavy (non-hydrogen) atoms. The van der Waals surface area contributed by atoms with Gasteiger partial charge in [0.25, 0.3) is 0 Å². The second-order valence-corrected chi connectivity index (χ2v) is 6.69. The lowest BCUT2D eigenvalue weighted by Gasteiger charge is -2.22. The van der Waals surface area contributed by atoms with Crippen LogP contribution in [-0.2, 0) is 4.79 Å². The maximum atomic E-state index is 11.1. The van der Waals surface area contributed by atoms with Gasteiger partial charge in [0.1, 0.15) is 0 Å². The lowest BCUT2D eigenvalue weighted by molar-refractivity contribution is -0.137. The molecule has 112 valence electrons. The first kappa shape index (κ1) is 16.1. The Balaban J connectivity index is 2.09. The Bertz CT molecular complexity index is 566. The first-order chi connectivity index (χ1) is 10.1. The van der Waals surface area contributed by atoms with Crippen molar-refractivity contribution in [2.75, 3.05) is 6.26 Å². The van der Waals surface area contributed by atoms with E-state index in [0.29, 0.717) is 0 Å². The van der Waals surface area contributed by atoms with Crippen LogP contribution in [0.25, 0.3) is 0 Å². The zero-order valence-corrected chi connectivity index (χ0v) is 13.7. The lowest BCUT2D eigenvalue weighted by atomic mass is 10.1. The summed E-state index contributed by atoms with van der Waals surface area (Å²) in [6.07, 6.45) is 2.14. The van der Waals surface area contributed by atoms with Gasteiger partial charge in [-0.1, -0.05) is 18.2 Å². The van der Waals surface area contributed by atoms with E-state index in [9.17, 15) is 4.79 Å². The molecule has 2 rings (SSSR count). The minimum Gasteiger partial charge on any atom is -0.481 e. The molecule has 0 fully saturated rings. The first-order valence-corrected chi connectivity index (χ1v) is 8.85. The zero-order valence-electron chi connectivity index (χ0n) is 12.1. The van der Waals surface area contributed by atoms with E-state index in [2.05, 4.69) is 42.8 Å². The standard InChI is InChI=1S/C16H19NO2S2/c1-11(12-5-7-13(20-2)8-6-12)17-14(10-16(18)19)15-4-3-9-21-15/h3-9,11,14,17H,10H2,1-2H3,(H,18,19). The summed E-state index contributed by atoms with van der Waals surface area (Å²) in [6, 6.07) is 12.3. The van der Waals surface area contributed by atoms with E-state index < -0.39 is 5.97 Å². The normalized spacial score (nSPS) is 13.8. The van der Waals surface area contributed by atoms with Crippen LogP contribution in [0.3, 0.4) is 0 Å². The molecule has 0 aliphatic heterocycles. The molecule has 2 unspecified atom stereocenters. The Morgan fingerprint density at radius 2 is 2.05 bits per heavy atom. The molecule has 2 atom stereocenters. The topological polar surface area (TPSA) is 49.3 Å². The fourth-order valence-corrected chi connectivity index (χ4v) is 3.39. The third-order valence-corrected chi connectivity index (χ3v) is 5.06. The number of carbonyl (C=O) groups is 1. The summed E-state index contributed by atoms with van der Waals surface area (Å²) in [7, 11) is 0. The number of aliphatic carboxylic acids is 1. The van der Waals surface area contributed by atoms with Crippen LogP contribution in [0.4, 0.5) is 0 Å². The highest BCUT2D eigenvalue weighted by molar-refractivity contribution is 7.98. The molecule has 3 nitrogen and oxygen atoms in total. The van der Waals surface area contributed by atoms with Crippen LogP contribution in [0.2, 0.25) is 0 Å². The fourth-order valence-electron chi connectivity index (χ4n) is 2.20. The molecule has 5 heteroatoms. The molecule has 0 radical (unpaired) electrons. The molecule has 2 N–H and O–H groups in total. The van der Waals surface area contributed by atoms with Crippen LogP contribution in [0, 0.1) is 0 Å². The van der Waals surface area contributed by atoms with Gasteiger partial charge in [-0.05, 0) is 42.3 Å². The number of carboxylic acid groups (broad SMARTS) is 1. The molecule has 0 aliphatic carbocycles. The van der Waals surface area contributed by atoms with Gasteiger partial charge in [-0.2, -0.15) is 0 Å². The van der Waals surface area contributed by atoms with Crippen molar-refractivity contribution in [1.29, 1.82) is 0 Å². The second-order valence-electron chi connectivity index (χ2n) is 4.83. The van der Waals surface area contributed by atoms with Crippen molar-refractivity contribution in [3.05, 3.63) is 52.2 Å². The van der Waals surface area contributed by atoms with Crippen LogP contribution >= 0.6 is 23.1 Å². The maximum Gasteiger partial charge on any atom is 0.305 e. The molecule has 0 saturated carbocycles. The van der Waals surface area contributed by atoms with Gasteiger partial charge in [0.05, 0.1) is 12.5 Å². The molecule has 1 aromatic heterocycles. The van der Waals surface area contributed by atoms with Crippen LogP contribution < -0.4 is 5.32 Å². The van der Waals surface area contributed by atoms with Gasteiger partial charge < -0.3 is 10.4 Å². The van der Waals surface area contributed by atoms with Crippen molar-refractivity contribution in [2.45, 2.75) is 30.3 Å². The molecule has 0 aliphatic rings. The summed E-state index contributed by atoms with van der Waals surface area (Å²) in [4.78, 5) is 13.4.